The predicted octanol–water partition coefficient (Wildman–Crippen LogP) is 2.79. The molecule has 1 aliphatic rings. The number of aliphatic carboxylic acids is 1. The van der Waals surface area contributed by atoms with E-state index in [1.807, 2.05) is 30.3 Å². The number of nitrogens with one attached hydrogen (secondary N) is 3. The third-order valence-electron chi connectivity index (χ3n) is 4.33. The Bertz CT molecular complexity index is 682. The number of hydrogen-bond donors (Lipinski definition) is 4. The van der Waals surface area contributed by atoms with Crippen molar-refractivity contribution in [3.05, 3.63) is 48.0 Å². The lowest BCUT2D eigenvalue weighted by atomic mass is 9.98. The van der Waals surface area contributed by atoms with Gasteiger partial charge in [-0.25, -0.2) is 0 Å². The van der Waals surface area contributed by atoms with Crippen molar-refractivity contribution in [1.82, 2.24) is 5.32 Å². The van der Waals surface area contributed by atoms with Gasteiger partial charge < -0.3 is 15.8 Å². The second-order valence-corrected chi connectivity index (χ2v) is 6.40. The number of carbonyl (C=O) groups is 2. The number of amides is 1. The topological polar surface area (TPSA) is 114 Å². The van der Waals surface area contributed by atoms with Crippen molar-refractivity contribution in [2.24, 2.45) is 11.8 Å². The summed E-state index contributed by atoms with van der Waals surface area (Å²) in [4.78, 5) is 22.8. The van der Waals surface area contributed by atoms with E-state index in [-0.39, 0.29) is 30.0 Å². The monoisotopic (exact) mass is 341 g/mol. The van der Waals surface area contributed by atoms with E-state index in [0.717, 1.165) is 12.0 Å². The van der Waals surface area contributed by atoms with Gasteiger partial charge in [-0.2, -0.15) is 0 Å². The molecule has 1 aromatic carbocycles. The number of hydrogen-bond acceptors (Lipinski definition) is 4. The molecule has 1 aliphatic carbocycles. The maximum Gasteiger partial charge on any atom is 0.306 e. The minimum Gasteiger partial charge on any atom is -0.481 e. The van der Waals surface area contributed by atoms with E-state index in [4.69, 9.17) is 15.9 Å². The van der Waals surface area contributed by atoms with Crippen LogP contribution in [0.5, 0.6) is 0 Å². The summed E-state index contributed by atoms with van der Waals surface area (Å²) in [6.45, 7) is 0. The minimum absolute atomic E-state index is 0.0551. The van der Waals surface area contributed by atoms with Crippen molar-refractivity contribution < 1.29 is 14.7 Å². The summed E-state index contributed by atoms with van der Waals surface area (Å²) in [6, 6.07) is 9.28. The third kappa shape index (κ3) is 6.33. The van der Waals surface area contributed by atoms with E-state index in [2.05, 4.69) is 5.32 Å². The van der Waals surface area contributed by atoms with Crippen molar-refractivity contribution in [3.8, 4) is 0 Å². The quantitative estimate of drug-likeness (QED) is 0.451. The van der Waals surface area contributed by atoms with Crippen LogP contribution in [0.1, 0.15) is 31.2 Å². The van der Waals surface area contributed by atoms with E-state index in [1.165, 1.54) is 12.2 Å². The Morgan fingerprint density at radius 2 is 1.88 bits per heavy atom. The highest BCUT2D eigenvalue weighted by atomic mass is 16.4. The normalized spacial score (nSPS) is 19.7. The highest BCUT2D eigenvalue weighted by Crippen LogP contribution is 2.33. The largest absolute Gasteiger partial charge is 0.481 e. The first kappa shape index (κ1) is 18.6. The Morgan fingerprint density at radius 1 is 1.16 bits per heavy atom. The molecular weight excluding hydrogens is 318 g/mol. The summed E-state index contributed by atoms with van der Waals surface area (Å²) in [6.07, 6.45) is 5.70. The van der Waals surface area contributed by atoms with Gasteiger partial charge in [0.2, 0.25) is 5.91 Å². The van der Waals surface area contributed by atoms with Crippen LogP contribution in [0.4, 0.5) is 0 Å². The molecular formula is C19H23N3O3. The highest BCUT2D eigenvalue weighted by molar-refractivity contribution is 6.06. The van der Waals surface area contributed by atoms with Crippen molar-refractivity contribution >= 4 is 23.4 Å². The van der Waals surface area contributed by atoms with Crippen molar-refractivity contribution in [1.29, 1.82) is 10.8 Å². The molecule has 0 radical (unpaired) electrons. The Labute approximate surface area is 147 Å². The van der Waals surface area contributed by atoms with Crippen LogP contribution < -0.4 is 5.32 Å². The molecule has 1 amide bonds. The molecule has 0 aliphatic heterocycles. The first-order valence-corrected chi connectivity index (χ1v) is 8.34. The molecule has 1 aromatic rings. The Kier molecular flexibility index (Phi) is 6.62. The zero-order chi connectivity index (χ0) is 18.2. The van der Waals surface area contributed by atoms with Crippen LogP contribution in [0.15, 0.2) is 42.5 Å². The predicted molar refractivity (Wildman–Crippen MR) is 96.0 cm³/mol. The molecule has 6 nitrogen and oxygen atoms in total. The summed E-state index contributed by atoms with van der Waals surface area (Å²) >= 11 is 0. The van der Waals surface area contributed by atoms with Crippen molar-refractivity contribution in [2.45, 2.75) is 32.1 Å². The smallest absolute Gasteiger partial charge is 0.306 e. The second-order valence-electron chi connectivity index (χ2n) is 6.40. The number of carbonyl (C=O) groups excluding carboxylic acids is 1. The second kappa shape index (κ2) is 8.92. The fraction of sp³-hybridized carbons (Fsp3) is 0.368. The van der Waals surface area contributed by atoms with E-state index in [9.17, 15) is 9.59 Å². The summed E-state index contributed by atoms with van der Waals surface area (Å²) in [5.41, 5.74) is 1.22. The molecule has 0 saturated heterocycles. The minimum atomic E-state index is -0.757. The van der Waals surface area contributed by atoms with E-state index in [1.54, 1.807) is 0 Å². The molecule has 132 valence electrons. The van der Waals surface area contributed by atoms with Crippen LogP contribution in [0, 0.1) is 22.7 Å². The number of amidine groups is 1. The summed E-state index contributed by atoms with van der Waals surface area (Å²) in [5, 5.41) is 27.2. The number of rotatable bonds is 7. The average Bonchev–Trinajstić information content (AvgIpc) is 3.02. The lowest BCUT2D eigenvalue weighted by Crippen LogP contribution is -2.29. The van der Waals surface area contributed by atoms with Gasteiger partial charge in [0, 0.05) is 5.71 Å². The van der Waals surface area contributed by atoms with Gasteiger partial charge >= 0.3 is 5.97 Å². The Morgan fingerprint density at radius 3 is 2.52 bits per heavy atom. The molecule has 0 bridgehead atoms. The van der Waals surface area contributed by atoms with Gasteiger partial charge in [0.25, 0.3) is 0 Å². The molecule has 0 spiro atoms. The summed E-state index contributed by atoms with van der Waals surface area (Å²) in [7, 11) is 0. The SMILES string of the molecule is N=C(/C=C\C(=N)NC(=O)Cc1ccccc1)CC1CCC(C(=O)O)C1. The lowest BCUT2D eigenvalue weighted by Gasteiger charge is -2.08. The van der Waals surface area contributed by atoms with E-state index in [0.29, 0.717) is 25.0 Å². The number of carboxylic acids is 1. The van der Waals surface area contributed by atoms with Gasteiger partial charge in [0.15, 0.2) is 0 Å². The number of benzene rings is 1. The maximum absolute atomic E-state index is 11.9. The molecule has 0 heterocycles. The zero-order valence-corrected chi connectivity index (χ0v) is 14.0. The van der Waals surface area contributed by atoms with Crippen LogP contribution in [-0.2, 0) is 16.0 Å². The maximum atomic E-state index is 11.9. The van der Waals surface area contributed by atoms with Gasteiger partial charge in [-0.05, 0) is 49.3 Å². The molecule has 1 saturated carbocycles. The average molecular weight is 341 g/mol. The highest BCUT2D eigenvalue weighted by Gasteiger charge is 2.29. The van der Waals surface area contributed by atoms with Crippen LogP contribution in [0.25, 0.3) is 0 Å². The van der Waals surface area contributed by atoms with Gasteiger partial charge in [-0.1, -0.05) is 30.3 Å². The third-order valence-corrected chi connectivity index (χ3v) is 4.33. The number of allylic oxidation sites excluding steroid dienone is 1. The summed E-state index contributed by atoms with van der Waals surface area (Å²) in [5.74, 6) is -1.17. The molecule has 0 aromatic heterocycles. The standard InChI is InChI=1S/C19H23N3O3/c20-16(11-14-6-7-15(10-14)19(24)25)8-9-17(21)22-18(23)12-13-4-2-1-3-5-13/h1-5,8-9,14-15,20H,6-7,10-12H2,(H,24,25)(H2,21,22,23)/b9-8-,20-16?. The molecule has 25 heavy (non-hydrogen) atoms. The van der Waals surface area contributed by atoms with Crippen molar-refractivity contribution in [3.63, 3.8) is 0 Å². The zero-order valence-electron chi connectivity index (χ0n) is 14.0. The van der Waals surface area contributed by atoms with Crippen LogP contribution in [-0.4, -0.2) is 28.5 Å². The molecule has 1 fully saturated rings. The fourth-order valence-corrected chi connectivity index (χ4v) is 3.06. The van der Waals surface area contributed by atoms with Gasteiger partial charge in [-0.15, -0.1) is 0 Å². The number of carboxylic acid groups (broad SMARTS) is 1. The lowest BCUT2D eigenvalue weighted by molar-refractivity contribution is -0.141. The van der Waals surface area contributed by atoms with Crippen LogP contribution >= 0.6 is 0 Å². The molecule has 2 unspecified atom stereocenters. The summed E-state index contributed by atoms with van der Waals surface area (Å²) < 4.78 is 0. The molecule has 2 atom stereocenters. The van der Waals surface area contributed by atoms with Gasteiger partial charge in [-0.3, -0.25) is 15.0 Å². The van der Waals surface area contributed by atoms with Crippen LogP contribution in [0.3, 0.4) is 0 Å². The van der Waals surface area contributed by atoms with Crippen LogP contribution in [0.2, 0.25) is 0 Å². The Hall–Kier alpha value is -2.76. The van der Waals surface area contributed by atoms with E-state index < -0.39 is 5.97 Å². The van der Waals surface area contributed by atoms with Crippen molar-refractivity contribution in [2.75, 3.05) is 0 Å². The first-order chi connectivity index (χ1) is 11.9. The molecule has 6 heteroatoms. The Balaban J connectivity index is 1.73. The first-order valence-electron chi connectivity index (χ1n) is 8.34. The van der Waals surface area contributed by atoms with Gasteiger partial charge in [0.1, 0.15) is 5.84 Å². The molecule has 2 rings (SSSR count). The fourth-order valence-electron chi connectivity index (χ4n) is 3.06. The van der Waals surface area contributed by atoms with Gasteiger partial charge in [0.05, 0.1) is 12.3 Å². The van der Waals surface area contributed by atoms with E-state index >= 15 is 0 Å². The molecule has 4 N–H and O–H groups in total.